The van der Waals surface area contributed by atoms with E-state index in [1.54, 1.807) is 6.07 Å². The van der Waals surface area contributed by atoms with Crippen LogP contribution < -0.4 is 0 Å². The van der Waals surface area contributed by atoms with Crippen LogP contribution in [0.4, 0.5) is 18.9 Å². The fraction of sp³-hybridized carbons (Fsp3) is 0.118. The van der Waals surface area contributed by atoms with Crippen molar-refractivity contribution >= 4 is 34.8 Å². The summed E-state index contributed by atoms with van der Waals surface area (Å²) >= 11 is 12.0. The lowest BCUT2D eigenvalue weighted by Gasteiger charge is -2.19. The molecule has 0 saturated carbocycles. The Hall–Kier alpha value is -2.78. The number of alkyl halides is 3. The molecular formula is C17H9Cl2F3N4O2. The van der Waals surface area contributed by atoms with Crippen LogP contribution in [0.15, 0.2) is 42.6 Å². The number of nitrogens with zero attached hydrogens (tertiary/aromatic N) is 4. The van der Waals surface area contributed by atoms with Crippen molar-refractivity contribution in [3.8, 4) is 5.82 Å². The molecule has 0 amide bonds. The molecule has 0 unspecified atom stereocenters. The van der Waals surface area contributed by atoms with Crippen molar-refractivity contribution in [2.45, 2.75) is 12.8 Å². The zero-order chi connectivity index (χ0) is 20.1. The molecule has 0 atom stereocenters. The molecule has 3 heterocycles. The van der Waals surface area contributed by atoms with Gasteiger partial charge in [-0.2, -0.15) is 18.3 Å². The number of benzene rings is 1. The maximum Gasteiger partial charge on any atom is 0.435 e. The van der Waals surface area contributed by atoms with E-state index >= 15 is 0 Å². The van der Waals surface area contributed by atoms with Gasteiger partial charge in [-0.3, -0.25) is 0 Å². The Morgan fingerprint density at radius 2 is 1.96 bits per heavy atom. The molecule has 1 aliphatic rings. The highest BCUT2D eigenvalue weighted by molar-refractivity contribution is 6.32. The maximum atomic E-state index is 13.3. The van der Waals surface area contributed by atoms with E-state index < -0.39 is 11.9 Å². The van der Waals surface area contributed by atoms with E-state index in [-0.39, 0.29) is 34.7 Å². The molecule has 0 saturated heterocycles. The molecule has 0 fully saturated rings. The first-order valence-corrected chi connectivity index (χ1v) is 8.55. The van der Waals surface area contributed by atoms with E-state index in [0.29, 0.717) is 21.4 Å². The molecule has 2 aromatic heterocycles. The number of halogens is 5. The van der Waals surface area contributed by atoms with Crippen molar-refractivity contribution in [2.75, 3.05) is 0 Å². The van der Waals surface area contributed by atoms with Gasteiger partial charge in [-0.1, -0.05) is 23.2 Å². The van der Waals surface area contributed by atoms with E-state index in [1.807, 2.05) is 0 Å². The first kappa shape index (κ1) is 18.6. The summed E-state index contributed by atoms with van der Waals surface area (Å²) in [6.45, 7) is -0.0492. The molecule has 0 aliphatic carbocycles. The van der Waals surface area contributed by atoms with Gasteiger partial charge in [0, 0.05) is 23.4 Å². The monoisotopic (exact) mass is 428 g/mol. The number of rotatable bonds is 2. The molecule has 3 aromatic rings. The van der Waals surface area contributed by atoms with Crippen LogP contribution in [0.3, 0.4) is 0 Å². The molecule has 1 aromatic carbocycles. The van der Waals surface area contributed by atoms with Gasteiger partial charge < -0.3 is 9.94 Å². The van der Waals surface area contributed by atoms with E-state index in [4.69, 9.17) is 27.9 Å². The summed E-state index contributed by atoms with van der Waals surface area (Å²) in [7, 11) is 0. The molecule has 6 nitrogen and oxygen atoms in total. The topological polar surface area (TPSA) is 66.0 Å². The number of hydrogen-bond acceptors (Lipinski definition) is 4. The van der Waals surface area contributed by atoms with Crippen molar-refractivity contribution in [1.29, 1.82) is 0 Å². The fourth-order valence-corrected chi connectivity index (χ4v) is 3.12. The maximum absolute atomic E-state index is 13.3. The van der Waals surface area contributed by atoms with E-state index in [1.165, 1.54) is 30.5 Å². The number of hydrogen-bond donors (Lipinski definition) is 0. The third-order valence-electron chi connectivity index (χ3n) is 3.97. The van der Waals surface area contributed by atoms with Crippen LogP contribution in [-0.2, 0) is 17.5 Å². The predicted octanol–water partition coefficient (Wildman–Crippen LogP) is 4.71. The third kappa shape index (κ3) is 3.16. The normalized spacial score (nSPS) is 14.0. The summed E-state index contributed by atoms with van der Waals surface area (Å²) in [5, 5.41) is 16.8. The van der Waals surface area contributed by atoms with Gasteiger partial charge >= 0.3 is 12.1 Å². The Labute approximate surface area is 166 Å². The second kappa shape index (κ2) is 6.68. The van der Waals surface area contributed by atoms with Crippen molar-refractivity contribution in [3.63, 3.8) is 0 Å². The SMILES string of the molecule is [O-][N+]1=C(c2cc(C(F)(F)F)nn2-c2ncccc2Cl)OCc2cc(Cl)ccc21. The van der Waals surface area contributed by atoms with Crippen molar-refractivity contribution < 1.29 is 22.6 Å². The van der Waals surface area contributed by atoms with Gasteiger partial charge in [0.2, 0.25) is 5.69 Å². The fourth-order valence-electron chi connectivity index (χ4n) is 2.73. The van der Waals surface area contributed by atoms with Gasteiger partial charge in [0.05, 0.1) is 10.6 Å². The number of ether oxygens (including phenoxy) is 1. The zero-order valence-corrected chi connectivity index (χ0v) is 15.3. The molecule has 11 heteroatoms. The molecule has 28 heavy (non-hydrogen) atoms. The van der Waals surface area contributed by atoms with Crippen molar-refractivity contribution in [1.82, 2.24) is 14.8 Å². The van der Waals surface area contributed by atoms with Crippen molar-refractivity contribution in [3.05, 3.63) is 74.8 Å². The van der Waals surface area contributed by atoms with Crippen LogP contribution in [0.1, 0.15) is 17.0 Å². The number of fused-ring (bicyclic) bond motifs is 1. The van der Waals surface area contributed by atoms with Gasteiger partial charge in [0.15, 0.2) is 17.2 Å². The largest absolute Gasteiger partial charge is 0.616 e. The number of pyridine rings is 1. The summed E-state index contributed by atoms with van der Waals surface area (Å²) in [6.07, 6.45) is -3.39. The zero-order valence-electron chi connectivity index (χ0n) is 13.7. The Morgan fingerprint density at radius 1 is 1.18 bits per heavy atom. The first-order valence-electron chi connectivity index (χ1n) is 7.79. The first-order chi connectivity index (χ1) is 13.3. The predicted molar refractivity (Wildman–Crippen MR) is 95.0 cm³/mol. The Kier molecular flexibility index (Phi) is 4.43. The van der Waals surface area contributed by atoms with E-state index in [9.17, 15) is 18.4 Å². The van der Waals surface area contributed by atoms with Gasteiger partial charge in [-0.15, -0.1) is 4.74 Å². The molecule has 1 aliphatic heterocycles. The lowest BCUT2D eigenvalue weighted by molar-refractivity contribution is -0.379. The molecule has 4 rings (SSSR count). The Bertz CT molecular complexity index is 1110. The highest BCUT2D eigenvalue weighted by atomic mass is 35.5. The summed E-state index contributed by atoms with van der Waals surface area (Å²) in [5.41, 5.74) is -0.734. The third-order valence-corrected chi connectivity index (χ3v) is 4.50. The van der Waals surface area contributed by atoms with Gasteiger partial charge in [0.1, 0.15) is 6.61 Å². The van der Waals surface area contributed by atoms with Crippen LogP contribution in [0.5, 0.6) is 0 Å². The second-order valence-corrected chi connectivity index (χ2v) is 6.64. The lowest BCUT2D eigenvalue weighted by atomic mass is 10.1. The minimum absolute atomic E-state index is 0.0492. The van der Waals surface area contributed by atoms with Crippen LogP contribution in [0.25, 0.3) is 5.82 Å². The van der Waals surface area contributed by atoms with Crippen LogP contribution in [0, 0.1) is 5.21 Å². The lowest BCUT2D eigenvalue weighted by Crippen LogP contribution is -2.25. The Balaban J connectivity index is 1.95. The average Bonchev–Trinajstić information content (AvgIpc) is 3.07. The Morgan fingerprint density at radius 3 is 2.68 bits per heavy atom. The highest BCUT2D eigenvalue weighted by Gasteiger charge is 2.39. The molecule has 0 N–H and O–H groups in total. The summed E-state index contributed by atoms with van der Waals surface area (Å²) in [4.78, 5) is 3.97. The minimum atomic E-state index is -4.74. The average molecular weight is 429 g/mol. The van der Waals surface area contributed by atoms with Crippen molar-refractivity contribution in [2.24, 2.45) is 0 Å². The summed E-state index contributed by atoms with van der Waals surface area (Å²) in [5.74, 6) is -0.430. The van der Waals surface area contributed by atoms with E-state index in [0.717, 1.165) is 4.68 Å². The van der Waals surface area contributed by atoms with Crippen LogP contribution >= 0.6 is 23.2 Å². The van der Waals surface area contributed by atoms with Crippen LogP contribution in [0.2, 0.25) is 10.0 Å². The minimum Gasteiger partial charge on any atom is -0.616 e. The number of aromatic nitrogens is 3. The van der Waals surface area contributed by atoms with Gasteiger partial charge in [-0.05, 0) is 24.3 Å². The molecule has 0 spiro atoms. The standard InChI is InChI=1S/C17H9Cl2F3N4O2/c18-10-3-4-12-9(6-10)8-28-16(26(12)27)13-7-14(17(20,21)22)24-25(13)15-11(19)2-1-5-23-15/h1-7H,8H2. The molecule has 0 bridgehead atoms. The highest BCUT2D eigenvalue weighted by Crippen LogP contribution is 2.33. The quantitative estimate of drug-likeness (QED) is 0.437. The smallest absolute Gasteiger partial charge is 0.435 e. The molecule has 0 radical (unpaired) electrons. The van der Waals surface area contributed by atoms with E-state index in [2.05, 4.69) is 10.1 Å². The van der Waals surface area contributed by atoms with Gasteiger partial charge in [-0.25, -0.2) is 9.67 Å². The second-order valence-electron chi connectivity index (χ2n) is 5.79. The molecular weight excluding hydrogens is 420 g/mol. The summed E-state index contributed by atoms with van der Waals surface area (Å²) in [6, 6.07) is 8.19. The van der Waals surface area contributed by atoms with Gasteiger partial charge in [0.25, 0.3) is 0 Å². The van der Waals surface area contributed by atoms with Crippen LogP contribution in [-0.4, -0.2) is 25.4 Å². The summed E-state index contributed by atoms with van der Waals surface area (Å²) < 4.78 is 46.5. The molecule has 144 valence electrons.